The van der Waals surface area contributed by atoms with Crippen LogP contribution in [0.15, 0.2) is 46.0 Å². The molecule has 9 heteroatoms. The Morgan fingerprint density at radius 3 is 2.43 bits per heavy atom. The Balaban J connectivity index is 2.18. The predicted octanol–water partition coefficient (Wildman–Crippen LogP) is 2.60. The van der Waals surface area contributed by atoms with E-state index in [1.807, 2.05) is 0 Å². The van der Waals surface area contributed by atoms with Crippen LogP contribution in [0.25, 0.3) is 27.5 Å². The first-order chi connectivity index (χ1) is 13.5. The quantitative estimate of drug-likeness (QED) is 0.513. The molecule has 2 heterocycles. The molecule has 0 aliphatic carbocycles. The van der Waals surface area contributed by atoms with Gasteiger partial charge in [-0.3, -0.25) is 9.59 Å². The molecule has 2 aromatic carbocycles. The Bertz CT molecular complexity index is 1340. The van der Waals surface area contributed by atoms with Crippen LogP contribution in [0.1, 0.15) is 0 Å². The lowest BCUT2D eigenvalue weighted by Gasteiger charge is -2.14. The molecule has 0 saturated heterocycles. The molecule has 0 amide bonds. The van der Waals surface area contributed by atoms with Crippen molar-refractivity contribution < 1.29 is 14.6 Å². The van der Waals surface area contributed by atoms with Crippen molar-refractivity contribution in [3.05, 3.63) is 62.0 Å². The number of aromatic amines is 1. The summed E-state index contributed by atoms with van der Waals surface area (Å²) in [7, 11) is 2.85. The van der Waals surface area contributed by atoms with Gasteiger partial charge in [-0.25, -0.2) is 0 Å². The van der Waals surface area contributed by atoms with E-state index >= 15 is 0 Å². The average Bonchev–Trinajstić information content (AvgIpc) is 2.69. The number of para-hydroxylation sites is 1. The molecule has 4 rings (SSSR count). The molecule has 28 heavy (non-hydrogen) atoms. The van der Waals surface area contributed by atoms with Gasteiger partial charge >= 0.3 is 0 Å². The first kappa shape index (κ1) is 17.9. The smallest absolute Gasteiger partial charge is 0.285 e. The van der Waals surface area contributed by atoms with E-state index in [9.17, 15) is 14.7 Å². The second kappa shape index (κ2) is 6.58. The molecular weight excluding hydrogens is 386 g/mol. The summed E-state index contributed by atoms with van der Waals surface area (Å²) < 4.78 is 11.5. The number of hydrogen-bond donors (Lipinski definition) is 2. The third kappa shape index (κ3) is 2.57. The molecular formula is C19H14ClN3O5. The van der Waals surface area contributed by atoms with Crippen molar-refractivity contribution in [2.45, 2.75) is 0 Å². The molecule has 0 radical (unpaired) electrons. The number of methoxy groups -OCH3 is 2. The Kier molecular flexibility index (Phi) is 4.20. The fourth-order valence-corrected chi connectivity index (χ4v) is 3.30. The van der Waals surface area contributed by atoms with Gasteiger partial charge in [0, 0.05) is 10.4 Å². The van der Waals surface area contributed by atoms with E-state index in [-0.39, 0.29) is 33.5 Å². The second-order valence-corrected chi connectivity index (χ2v) is 6.38. The van der Waals surface area contributed by atoms with E-state index < -0.39 is 16.9 Å². The molecule has 0 aliphatic rings. The Hall–Kier alpha value is -3.52. The van der Waals surface area contributed by atoms with Gasteiger partial charge in [-0.2, -0.15) is 4.68 Å². The Morgan fingerprint density at radius 1 is 1.11 bits per heavy atom. The van der Waals surface area contributed by atoms with Gasteiger partial charge in [0.1, 0.15) is 22.4 Å². The number of aromatic hydroxyl groups is 1. The summed E-state index contributed by atoms with van der Waals surface area (Å²) in [5.41, 5.74) is -0.797. The zero-order valence-electron chi connectivity index (χ0n) is 14.8. The van der Waals surface area contributed by atoms with Gasteiger partial charge in [0.15, 0.2) is 5.69 Å². The third-order valence-electron chi connectivity index (χ3n) is 4.40. The maximum Gasteiger partial charge on any atom is 0.285 e. The average molecular weight is 400 g/mol. The minimum absolute atomic E-state index is 0.0742. The number of nitrogens with zero attached hydrogens (tertiary/aromatic N) is 2. The number of benzene rings is 2. The van der Waals surface area contributed by atoms with Gasteiger partial charge in [0.25, 0.3) is 11.4 Å². The maximum atomic E-state index is 13.2. The van der Waals surface area contributed by atoms with E-state index in [0.29, 0.717) is 10.5 Å². The molecule has 0 saturated carbocycles. The molecule has 142 valence electrons. The van der Waals surface area contributed by atoms with Crippen LogP contribution in [0.4, 0.5) is 0 Å². The molecule has 8 nitrogen and oxygen atoms in total. The lowest BCUT2D eigenvalue weighted by Crippen LogP contribution is -2.27. The minimum Gasteiger partial charge on any atom is -0.494 e. The molecule has 2 aromatic heterocycles. The second-order valence-electron chi connectivity index (χ2n) is 5.95. The summed E-state index contributed by atoms with van der Waals surface area (Å²) in [5, 5.41) is 14.8. The fourth-order valence-electron chi connectivity index (χ4n) is 3.12. The van der Waals surface area contributed by atoms with E-state index in [1.54, 1.807) is 24.3 Å². The number of hydrogen-bond acceptors (Lipinski definition) is 6. The van der Waals surface area contributed by atoms with Crippen LogP contribution >= 0.6 is 11.6 Å². The van der Waals surface area contributed by atoms with Crippen LogP contribution in [0.5, 0.6) is 17.4 Å². The largest absolute Gasteiger partial charge is 0.494 e. The van der Waals surface area contributed by atoms with E-state index in [1.165, 1.54) is 26.4 Å². The summed E-state index contributed by atoms with van der Waals surface area (Å²) in [6.07, 6.45) is 0. The third-order valence-corrected chi connectivity index (χ3v) is 4.64. The van der Waals surface area contributed by atoms with Crippen LogP contribution < -0.4 is 20.5 Å². The SMILES string of the molecule is COc1cccc(OC)c1-n1nc(O)c2[nH]c3cc(Cl)ccc3c(=O)c2c1=O. The monoisotopic (exact) mass is 399 g/mol. The highest BCUT2D eigenvalue weighted by molar-refractivity contribution is 6.31. The normalized spacial score (nSPS) is 11.1. The van der Waals surface area contributed by atoms with Crippen molar-refractivity contribution in [1.29, 1.82) is 0 Å². The van der Waals surface area contributed by atoms with Gasteiger partial charge in [-0.05, 0) is 30.3 Å². The Labute approximate surface area is 162 Å². The van der Waals surface area contributed by atoms with Crippen LogP contribution in [-0.2, 0) is 0 Å². The van der Waals surface area contributed by atoms with Gasteiger partial charge in [0.2, 0.25) is 5.43 Å². The Morgan fingerprint density at radius 2 is 1.79 bits per heavy atom. The number of H-pyrrole nitrogens is 1. The zero-order valence-corrected chi connectivity index (χ0v) is 15.6. The van der Waals surface area contributed by atoms with E-state index in [0.717, 1.165) is 4.68 Å². The van der Waals surface area contributed by atoms with Crippen molar-refractivity contribution in [2.24, 2.45) is 0 Å². The number of aromatic nitrogens is 3. The van der Waals surface area contributed by atoms with Crippen molar-refractivity contribution in [1.82, 2.24) is 14.8 Å². The van der Waals surface area contributed by atoms with Crippen molar-refractivity contribution >= 4 is 33.4 Å². The lowest BCUT2D eigenvalue weighted by atomic mass is 10.1. The molecule has 0 atom stereocenters. The van der Waals surface area contributed by atoms with Crippen LogP contribution in [-0.4, -0.2) is 34.1 Å². The predicted molar refractivity (Wildman–Crippen MR) is 105 cm³/mol. The summed E-state index contributed by atoms with van der Waals surface area (Å²) in [4.78, 5) is 29.0. The molecule has 4 aromatic rings. The highest BCUT2D eigenvalue weighted by Crippen LogP contribution is 2.32. The van der Waals surface area contributed by atoms with Gasteiger partial charge in [0.05, 0.1) is 19.7 Å². The van der Waals surface area contributed by atoms with Gasteiger partial charge < -0.3 is 19.6 Å². The number of pyridine rings is 1. The van der Waals surface area contributed by atoms with Crippen molar-refractivity contribution in [3.8, 4) is 23.1 Å². The van der Waals surface area contributed by atoms with Crippen LogP contribution in [0.3, 0.4) is 0 Å². The fraction of sp³-hybridized carbons (Fsp3) is 0.105. The maximum absolute atomic E-state index is 13.2. The molecule has 0 bridgehead atoms. The first-order valence-electron chi connectivity index (χ1n) is 8.15. The molecule has 0 fully saturated rings. The zero-order chi connectivity index (χ0) is 20.0. The summed E-state index contributed by atoms with van der Waals surface area (Å²) in [6, 6.07) is 9.50. The first-order valence-corrected chi connectivity index (χ1v) is 8.53. The molecule has 0 aliphatic heterocycles. The van der Waals surface area contributed by atoms with Gasteiger partial charge in [-0.1, -0.05) is 17.7 Å². The van der Waals surface area contributed by atoms with E-state index in [2.05, 4.69) is 10.1 Å². The van der Waals surface area contributed by atoms with Crippen LogP contribution in [0.2, 0.25) is 5.02 Å². The summed E-state index contributed by atoms with van der Waals surface area (Å²) in [6.45, 7) is 0. The highest BCUT2D eigenvalue weighted by atomic mass is 35.5. The molecule has 0 unspecified atom stereocenters. The lowest BCUT2D eigenvalue weighted by molar-refractivity contribution is 0.385. The summed E-state index contributed by atoms with van der Waals surface area (Å²) >= 11 is 5.97. The highest BCUT2D eigenvalue weighted by Gasteiger charge is 2.21. The molecule has 2 N–H and O–H groups in total. The minimum atomic E-state index is -0.728. The van der Waals surface area contributed by atoms with Crippen molar-refractivity contribution in [2.75, 3.05) is 14.2 Å². The van der Waals surface area contributed by atoms with Crippen LogP contribution in [0, 0.1) is 0 Å². The number of ether oxygens (including phenoxy) is 2. The van der Waals surface area contributed by atoms with Crippen molar-refractivity contribution in [3.63, 3.8) is 0 Å². The standard InChI is InChI=1S/C19H14ClN3O5/c1-27-12-4-3-5-13(28-2)16(12)23-19(26)14-15(18(25)22-23)21-11-8-9(20)6-7-10(11)17(14)24/h3-8H,1-2H3,(H,21,24)(H,22,25). The van der Waals surface area contributed by atoms with E-state index in [4.69, 9.17) is 21.1 Å². The number of rotatable bonds is 3. The number of nitrogens with one attached hydrogen (secondary N) is 1. The summed E-state index contributed by atoms with van der Waals surface area (Å²) in [5.74, 6) is 0.0509. The number of halogens is 1. The number of fused-ring (bicyclic) bond motifs is 2. The topological polar surface area (TPSA) is 106 Å². The van der Waals surface area contributed by atoms with Gasteiger partial charge in [-0.15, -0.1) is 5.10 Å². The molecule has 0 spiro atoms.